The number of aryl methyl sites for hydroxylation is 2. The predicted octanol–water partition coefficient (Wildman–Crippen LogP) is 4.81. The third kappa shape index (κ3) is 3.57. The molecule has 4 atom stereocenters. The monoisotopic (exact) mass is 526 g/mol. The smallest absolute Gasteiger partial charge is 0.417 e. The Kier molecular flexibility index (Phi) is 5.47. The van der Waals surface area contributed by atoms with Crippen molar-refractivity contribution < 1.29 is 22.3 Å². The fourth-order valence-corrected chi connectivity index (χ4v) is 6.53. The number of rotatable bonds is 2. The van der Waals surface area contributed by atoms with E-state index in [-0.39, 0.29) is 52.4 Å². The lowest BCUT2D eigenvalue weighted by atomic mass is 9.94. The van der Waals surface area contributed by atoms with E-state index in [1.165, 1.54) is 13.0 Å². The number of anilines is 2. The van der Waals surface area contributed by atoms with Gasteiger partial charge >= 0.3 is 6.18 Å². The Labute approximate surface area is 216 Å². The maximum atomic E-state index is 16.6. The molecule has 2 bridgehead atoms. The second kappa shape index (κ2) is 8.43. The van der Waals surface area contributed by atoms with E-state index in [0.717, 1.165) is 18.9 Å². The number of benzene rings is 1. The number of fused-ring (bicyclic) bond motifs is 5. The van der Waals surface area contributed by atoms with Crippen molar-refractivity contribution in [2.45, 2.75) is 70.4 Å². The number of aromatic nitrogens is 2. The zero-order valence-corrected chi connectivity index (χ0v) is 21.1. The Morgan fingerprint density at radius 1 is 1.21 bits per heavy atom. The Bertz CT molecular complexity index is 1530. The van der Waals surface area contributed by atoms with E-state index in [1.54, 1.807) is 6.92 Å². The first kappa shape index (κ1) is 24.7. The Morgan fingerprint density at radius 3 is 2.68 bits per heavy atom. The van der Waals surface area contributed by atoms with Crippen LogP contribution in [-0.2, 0) is 12.6 Å². The van der Waals surface area contributed by atoms with E-state index >= 15 is 4.39 Å². The highest BCUT2D eigenvalue weighted by Gasteiger charge is 2.47. The van der Waals surface area contributed by atoms with Crippen molar-refractivity contribution >= 4 is 22.3 Å². The third-order valence-electron chi connectivity index (χ3n) is 8.01. The first-order valence-corrected chi connectivity index (χ1v) is 12.6. The summed E-state index contributed by atoms with van der Waals surface area (Å²) in [6.45, 7) is 5.48. The number of nitrogens with two attached hydrogens (primary N) is 1. The van der Waals surface area contributed by atoms with E-state index in [1.807, 2.05) is 13.0 Å². The predicted molar refractivity (Wildman–Crippen MR) is 134 cm³/mol. The van der Waals surface area contributed by atoms with Gasteiger partial charge in [-0.05, 0) is 56.9 Å². The molecule has 198 valence electrons. The molecule has 11 heteroatoms. The van der Waals surface area contributed by atoms with Gasteiger partial charge in [-0.25, -0.2) is 14.4 Å². The molecule has 38 heavy (non-hydrogen) atoms. The van der Waals surface area contributed by atoms with E-state index < -0.39 is 34.9 Å². The van der Waals surface area contributed by atoms with Crippen molar-refractivity contribution in [1.82, 2.24) is 15.3 Å². The quantitative estimate of drug-likeness (QED) is 0.365. The molecular formula is C27H26F4N6O. The maximum absolute atomic E-state index is 16.6. The normalized spacial score (nSPS) is 24.1. The van der Waals surface area contributed by atoms with Crippen LogP contribution < -0.4 is 20.7 Å². The van der Waals surface area contributed by atoms with Crippen LogP contribution in [-0.4, -0.2) is 40.7 Å². The summed E-state index contributed by atoms with van der Waals surface area (Å²) in [5, 5.41) is 13.5. The number of nitriles is 1. The van der Waals surface area contributed by atoms with Crippen LogP contribution in [0.25, 0.3) is 22.0 Å². The number of halogens is 4. The summed E-state index contributed by atoms with van der Waals surface area (Å²) in [6, 6.07) is 4.56. The zero-order valence-electron chi connectivity index (χ0n) is 21.1. The molecule has 0 saturated carbocycles. The molecule has 5 heterocycles. The van der Waals surface area contributed by atoms with Crippen molar-refractivity contribution in [3.8, 4) is 23.2 Å². The van der Waals surface area contributed by atoms with Gasteiger partial charge < -0.3 is 20.7 Å². The fourth-order valence-electron chi connectivity index (χ4n) is 6.53. The molecule has 3 aliphatic rings. The van der Waals surface area contributed by atoms with Crippen LogP contribution in [0.4, 0.5) is 29.1 Å². The lowest BCUT2D eigenvalue weighted by Crippen LogP contribution is -2.62. The SMILES string of the molecule is Cc1cc(N)cc(-c2nc3c4c(nc(C)c(CC#N)c4c2F)N2C[C@H]4CC[C@H](N4)[C@H]2[C@H](C)O3)c1C(F)(F)F. The topological polar surface area (TPSA) is 100 Å². The minimum Gasteiger partial charge on any atom is -0.472 e. The molecule has 2 fully saturated rings. The average molecular weight is 527 g/mol. The number of ether oxygens (including phenoxy) is 1. The Balaban J connectivity index is 1.72. The lowest BCUT2D eigenvalue weighted by molar-refractivity contribution is -0.137. The van der Waals surface area contributed by atoms with Gasteiger partial charge in [0, 0.05) is 41.0 Å². The van der Waals surface area contributed by atoms with E-state index in [2.05, 4.69) is 15.2 Å². The number of piperazine rings is 1. The minimum absolute atomic E-state index is 0.00376. The number of nitrogens with one attached hydrogen (secondary N) is 1. The molecule has 0 radical (unpaired) electrons. The van der Waals surface area contributed by atoms with Crippen LogP contribution in [0, 0.1) is 31.0 Å². The molecule has 3 aliphatic heterocycles. The molecule has 2 saturated heterocycles. The van der Waals surface area contributed by atoms with Gasteiger partial charge in [-0.1, -0.05) is 0 Å². The second-order valence-corrected chi connectivity index (χ2v) is 10.4. The molecule has 2 aromatic heterocycles. The van der Waals surface area contributed by atoms with Crippen molar-refractivity contribution in [3.63, 3.8) is 0 Å². The largest absolute Gasteiger partial charge is 0.472 e. The summed E-state index contributed by atoms with van der Waals surface area (Å²) < 4.78 is 65.6. The zero-order chi connectivity index (χ0) is 27.1. The van der Waals surface area contributed by atoms with Gasteiger partial charge in [0.25, 0.3) is 0 Å². The second-order valence-electron chi connectivity index (χ2n) is 10.4. The highest BCUT2D eigenvalue weighted by atomic mass is 19.4. The van der Waals surface area contributed by atoms with E-state index in [0.29, 0.717) is 23.6 Å². The summed E-state index contributed by atoms with van der Waals surface area (Å²) in [4.78, 5) is 11.3. The minimum atomic E-state index is -4.78. The summed E-state index contributed by atoms with van der Waals surface area (Å²) in [7, 11) is 0. The first-order valence-electron chi connectivity index (χ1n) is 12.6. The Hall–Kier alpha value is -3.65. The first-order chi connectivity index (χ1) is 18.0. The number of nitrogens with zero attached hydrogens (tertiary/aromatic N) is 4. The van der Waals surface area contributed by atoms with Gasteiger partial charge in [0.05, 0.1) is 29.5 Å². The van der Waals surface area contributed by atoms with Gasteiger partial charge in [0.1, 0.15) is 17.6 Å². The number of pyridine rings is 2. The molecule has 6 rings (SSSR count). The van der Waals surface area contributed by atoms with Gasteiger partial charge in [0.2, 0.25) is 5.88 Å². The summed E-state index contributed by atoms with van der Waals surface area (Å²) in [5.41, 5.74) is 4.57. The number of nitrogen functional groups attached to an aromatic ring is 1. The average Bonchev–Trinajstić information content (AvgIpc) is 3.15. The molecule has 1 aromatic carbocycles. The van der Waals surface area contributed by atoms with Crippen LogP contribution in [0.1, 0.15) is 42.1 Å². The van der Waals surface area contributed by atoms with E-state index in [9.17, 15) is 18.4 Å². The Morgan fingerprint density at radius 2 is 1.97 bits per heavy atom. The summed E-state index contributed by atoms with van der Waals surface area (Å²) in [5.74, 6) is -0.465. The van der Waals surface area contributed by atoms with Crippen molar-refractivity contribution in [1.29, 1.82) is 5.26 Å². The number of hydrogen-bond donors (Lipinski definition) is 2. The summed E-state index contributed by atoms with van der Waals surface area (Å²) in [6.07, 6.45) is -3.44. The van der Waals surface area contributed by atoms with E-state index in [4.69, 9.17) is 15.5 Å². The summed E-state index contributed by atoms with van der Waals surface area (Å²) >= 11 is 0. The standard InChI is InChI=1S/C27H26F4N6O/c1-11-8-14(33)9-17(21(11)27(29,30)31)23-22(28)19-16(6-7-32)12(2)34-25-20(19)26(36-23)38-13(3)24-18-5-4-15(35-18)10-37(24)25/h8-9,13,15,18,24,35H,4-6,10,33H2,1-3H3/t13-,15+,18-,24+/m0/s1. The maximum Gasteiger partial charge on any atom is 0.417 e. The molecule has 0 spiro atoms. The van der Waals surface area contributed by atoms with Crippen LogP contribution in [0.15, 0.2) is 12.1 Å². The molecule has 3 aromatic rings. The van der Waals surface area contributed by atoms with Crippen molar-refractivity contribution in [3.05, 3.63) is 40.3 Å². The molecule has 7 nitrogen and oxygen atoms in total. The van der Waals surface area contributed by atoms with Gasteiger partial charge in [-0.15, -0.1) is 0 Å². The van der Waals surface area contributed by atoms with Crippen LogP contribution >= 0.6 is 0 Å². The number of hydrogen-bond acceptors (Lipinski definition) is 7. The van der Waals surface area contributed by atoms with Gasteiger partial charge in [-0.2, -0.15) is 18.4 Å². The molecule has 3 N–H and O–H groups in total. The molecule has 0 aliphatic carbocycles. The lowest BCUT2D eigenvalue weighted by Gasteiger charge is -2.43. The molecule has 0 amide bonds. The highest BCUT2D eigenvalue weighted by molar-refractivity contribution is 6.02. The van der Waals surface area contributed by atoms with Crippen LogP contribution in [0.3, 0.4) is 0 Å². The van der Waals surface area contributed by atoms with Crippen molar-refractivity contribution in [2.24, 2.45) is 0 Å². The molecule has 0 unspecified atom stereocenters. The van der Waals surface area contributed by atoms with Crippen LogP contribution in [0.2, 0.25) is 0 Å². The third-order valence-corrected chi connectivity index (χ3v) is 8.01. The fraction of sp³-hybridized carbons (Fsp3) is 0.444. The molecular weight excluding hydrogens is 500 g/mol. The van der Waals surface area contributed by atoms with Gasteiger partial charge in [-0.3, -0.25) is 0 Å². The van der Waals surface area contributed by atoms with Crippen LogP contribution in [0.5, 0.6) is 5.88 Å². The highest BCUT2D eigenvalue weighted by Crippen LogP contribution is 2.47. The van der Waals surface area contributed by atoms with Crippen molar-refractivity contribution in [2.75, 3.05) is 17.2 Å². The van der Waals surface area contributed by atoms with Gasteiger partial charge in [0.15, 0.2) is 5.82 Å². The number of alkyl halides is 3.